The molecular formula is C14H24BNO4. The van der Waals surface area contributed by atoms with Crippen LogP contribution in [0.25, 0.3) is 0 Å². The molecule has 20 heavy (non-hydrogen) atoms. The molecule has 0 aromatic rings. The summed E-state index contributed by atoms with van der Waals surface area (Å²) in [4.78, 5) is 12.9. The van der Waals surface area contributed by atoms with Gasteiger partial charge in [-0.25, -0.2) is 0 Å². The van der Waals surface area contributed by atoms with Crippen molar-refractivity contribution in [3.05, 3.63) is 12.1 Å². The molecule has 0 radical (unpaired) electrons. The standard InChI is InChI=1S/C14H24BNO4/c1-13(2)14(3,4)20-15(19-13)8-5-6-9-16-10-7-11(16)12(17)18/h5,8,11H,6-7,9-10H2,1-4H3,(H,17,18)/b8-5+/t11-/m0/s1. The van der Waals surface area contributed by atoms with Crippen LogP contribution in [0.3, 0.4) is 0 Å². The van der Waals surface area contributed by atoms with E-state index in [1.807, 2.05) is 44.6 Å². The SMILES string of the molecule is CC1(C)OB(/C=C/CCN2CC[C@H]2C(=O)O)OC1(C)C. The molecular weight excluding hydrogens is 257 g/mol. The molecule has 0 aromatic heterocycles. The summed E-state index contributed by atoms with van der Waals surface area (Å²) in [5.74, 6) is 1.21. The van der Waals surface area contributed by atoms with E-state index in [0.717, 1.165) is 25.9 Å². The van der Waals surface area contributed by atoms with Crippen LogP contribution in [0, 0.1) is 0 Å². The summed E-state index contributed by atoms with van der Waals surface area (Å²) in [6.45, 7) is 9.75. The first-order valence-electron chi connectivity index (χ1n) is 7.22. The van der Waals surface area contributed by atoms with E-state index < -0.39 is 5.97 Å². The number of carboxylic acid groups (broad SMARTS) is 1. The molecule has 2 saturated heterocycles. The third kappa shape index (κ3) is 3.08. The predicted octanol–water partition coefficient (Wildman–Crippen LogP) is 1.72. The van der Waals surface area contributed by atoms with Gasteiger partial charge in [-0.3, -0.25) is 9.69 Å². The van der Waals surface area contributed by atoms with E-state index in [2.05, 4.69) is 0 Å². The van der Waals surface area contributed by atoms with Crippen LogP contribution in [-0.2, 0) is 14.1 Å². The van der Waals surface area contributed by atoms with Crippen molar-refractivity contribution in [1.82, 2.24) is 4.90 Å². The summed E-state index contributed by atoms with van der Waals surface area (Å²) in [6.07, 6.45) is 3.59. The molecule has 5 nitrogen and oxygen atoms in total. The van der Waals surface area contributed by atoms with Crippen molar-refractivity contribution in [2.24, 2.45) is 0 Å². The van der Waals surface area contributed by atoms with Gasteiger partial charge in [-0.2, -0.15) is 0 Å². The highest BCUT2D eigenvalue weighted by atomic mass is 16.7. The number of aliphatic carboxylic acids is 1. The molecule has 1 N–H and O–H groups in total. The minimum atomic E-state index is -0.716. The molecule has 0 unspecified atom stereocenters. The van der Waals surface area contributed by atoms with Crippen LogP contribution in [0.1, 0.15) is 40.5 Å². The molecule has 2 aliphatic rings. The van der Waals surface area contributed by atoms with E-state index in [-0.39, 0.29) is 24.4 Å². The highest BCUT2D eigenvalue weighted by molar-refractivity contribution is 6.51. The molecule has 0 saturated carbocycles. The lowest BCUT2D eigenvalue weighted by atomic mass is 9.89. The van der Waals surface area contributed by atoms with E-state index in [4.69, 9.17) is 14.4 Å². The highest BCUT2D eigenvalue weighted by Crippen LogP contribution is 2.36. The van der Waals surface area contributed by atoms with Crippen LogP contribution in [-0.4, -0.2) is 53.4 Å². The fourth-order valence-corrected chi connectivity index (χ4v) is 2.40. The smallest absolute Gasteiger partial charge is 0.480 e. The van der Waals surface area contributed by atoms with E-state index >= 15 is 0 Å². The van der Waals surface area contributed by atoms with E-state index in [0.29, 0.717) is 0 Å². The van der Waals surface area contributed by atoms with Gasteiger partial charge in [0.05, 0.1) is 11.2 Å². The van der Waals surface area contributed by atoms with Gasteiger partial charge in [0.25, 0.3) is 0 Å². The minimum absolute atomic E-state index is 0.291. The van der Waals surface area contributed by atoms with Gasteiger partial charge in [0.1, 0.15) is 6.04 Å². The number of likely N-dealkylation sites (tertiary alicyclic amines) is 1. The lowest BCUT2D eigenvalue weighted by Gasteiger charge is -2.37. The number of rotatable bonds is 5. The van der Waals surface area contributed by atoms with Gasteiger partial charge >= 0.3 is 13.1 Å². The first-order chi connectivity index (χ1) is 9.23. The molecule has 2 rings (SSSR count). The lowest BCUT2D eigenvalue weighted by molar-refractivity contribution is -0.148. The van der Waals surface area contributed by atoms with Crippen molar-refractivity contribution in [3.8, 4) is 0 Å². The third-order valence-corrected chi connectivity index (χ3v) is 4.56. The summed E-state index contributed by atoms with van der Waals surface area (Å²) in [7, 11) is -0.313. The number of nitrogens with zero attached hydrogens (tertiary/aromatic N) is 1. The fourth-order valence-electron chi connectivity index (χ4n) is 2.40. The van der Waals surface area contributed by atoms with E-state index in [1.165, 1.54) is 0 Å². The topological polar surface area (TPSA) is 59.0 Å². The molecule has 2 fully saturated rings. The maximum absolute atomic E-state index is 10.9. The van der Waals surface area contributed by atoms with Gasteiger partial charge in [0, 0.05) is 13.1 Å². The van der Waals surface area contributed by atoms with Gasteiger partial charge in [0.2, 0.25) is 0 Å². The van der Waals surface area contributed by atoms with Crippen LogP contribution >= 0.6 is 0 Å². The van der Waals surface area contributed by atoms with E-state index in [9.17, 15) is 4.79 Å². The second-order valence-corrected chi connectivity index (χ2v) is 6.52. The van der Waals surface area contributed by atoms with Crippen molar-refractivity contribution in [1.29, 1.82) is 0 Å². The van der Waals surface area contributed by atoms with Crippen molar-refractivity contribution >= 4 is 13.1 Å². The molecule has 0 amide bonds. The van der Waals surface area contributed by atoms with Crippen molar-refractivity contribution in [2.45, 2.75) is 57.8 Å². The van der Waals surface area contributed by atoms with Crippen molar-refractivity contribution in [3.63, 3.8) is 0 Å². The molecule has 112 valence electrons. The Morgan fingerprint density at radius 2 is 1.95 bits per heavy atom. The molecule has 1 atom stereocenters. The van der Waals surface area contributed by atoms with Crippen LogP contribution < -0.4 is 0 Å². The summed E-state index contributed by atoms with van der Waals surface area (Å²) in [5.41, 5.74) is -0.623. The molecule has 2 heterocycles. The van der Waals surface area contributed by atoms with Crippen molar-refractivity contribution < 1.29 is 19.2 Å². The van der Waals surface area contributed by atoms with Gasteiger partial charge < -0.3 is 14.4 Å². The monoisotopic (exact) mass is 281 g/mol. The van der Waals surface area contributed by atoms with Crippen molar-refractivity contribution in [2.75, 3.05) is 13.1 Å². The Labute approximate surface area is 121 Å². The molecule has 0 aliphatic carbocycles. The van der Waals surface area contributed by atoms with Crippen LogP contribution in [0.4, 0.5) is 0 Å². The van der Waals surface area contributed by atoms with Gasteiger partial charge in [-0.1, -0.05) is 12.1 Å². The molecule has 0 aromatic carbocycles. The first-order valence-corrected chi connectivity index (χ1v) is 7.22. The van der Waals surface area contributed by atoms with Gasteiger partial charge in [-0.15, -0.1) is 0 Å². The second kappa shape index (κ2) is 5.50. The molecule has 0 spiro atoms. The molecule has 2 aliphatic heterocycles. The maximum atomic E-state index is 10.9. The minimum Gasteiger partial charge on any atom is -0.480 e. The highest BCUT2D eigenvalue weighted by Gasteiger charge is 2.49. The lowest BCUT2D eigenvalue weighted by Crippen LogP contribution is -2.52. The largest absolute Gasteiger partial charge is 0.486 e. The zero-order valence-electron chi connectivity index (χ0n) is 12.8. The summed E-state index contributed by atoms with van der Waals surface area (Å²) in [6, 6.07) is -0.291. The molecule has 6 heteroatoms. The van der Waals surface area contributed by atoms with Gasteiger partial charge in [0.15, 0.2) is 0 Å². The Morgan fingerprint density at radius 3 is 2.40 bits per heavy atom. The summed E-state index contributed by atoms with van der Waals surface area (Å²) >= 11 is 0. The van der Waals surface area contributed by atoms with E-state index in [1.54, 1.807) is 0 Å². The Bertz CT molecular complexity index is 392. The second-order valence-electron chi connectivity index (χ2n) is 6.52. The number of hydrogen-bond donors (Lipinski definition) is 1. The fraction of sp³-hybridized carbons (Fsp3) is 0.786. The van der Waals surface area contributed by atoms with Crippen LogP contribution in [0.15, 0.2) is 12.1 Å². The third-order valence-electron chi connectivity index (χ3n) is 4.56. The van der Waals surface area contributed by atoms with Crippen LogP contribution in [0.5, 0.6) is 0 Å². The number of carboxylic acids is 1. The Morgan fingerprint density at radius 1 is 1.35 bits per heavy atom. The van der Waals surface area contributed by atoms with Crippen LogP contribution in [0.2, 0.25) is 0 Å². The number of carbonyl (C=O) groups is 1. The first kappa shape index (κ1) is 15.5. The Balaban J connectivity index is 1.74. The average molecular weight is 281 g/mol. The van der Waals surface area contributed by atoms with Gasteiger partial charge in [-0.05, 0) is 40.5 Å². The normalized spacial score (nSPS) is 28.8. The Kier molecular flexibility index (Phi) is 4.28. The maximum Gasteiger partial charge on any atom is 0.486 e. The summed E-state index contributed by atoms with van der Waals surface area (Å²) in [5, 5.41) is 8.95. The molecule has 0 bridgehead atoms. The number of hydrogen-bond acceptors (Lipinski definition) is 4. The average Bonchev–Trinajstić information content (AvgIpc) is 2.44. The zero-order valence-corrected chi connectivity index (χ0v) is 12.8. The Hall–Kier alpha value is -0.845. The quantitative estimate of drug-likeness (QED) is 0.778. The predicted molar refractivity (Wildman–Crippen MR) is 77.5 cm³/mol. The zero-order chi connectivity index (χ0) is 15.0. The summed E-state index contributed by atoms with van der Waals surface area (Å²) < 4.78 is 11.7.